The van der Waals surface area contributed by atoms with E-state index in [0.29, 0.717) is 16.7 Å². The van der Waals surface area contributed by atoms with Gasteiger partial charge < -0.3 is 4.74 Å². The number of carbonyl (C=O) groups is 1. The Morgan fingerprint density at radius 2 is 1.83 bits per heavy atom. The van der Waals surface area contributed by atoms with Gasteiger partial charge in [-0.05, 0) is 18.2 Å². The van der Waals surface area contributed by atoms with Crippen molar-refractivity contribution in [1.29, 1.82) is 0 Å². The lowest BCUT2D eigenvalue weighted by Gasteiger charge is -2.07. The molecule has 0 unspecified atom stereocenters. The lowest BCUT2D eigenvalue weighted by molar-refractivity contribution is -0.393. The van der Waals surface area contributed by atoms with Gasteiger partial charge >= 0.3 is 11.7 Å². The molecule has 12 heteroatoms. The Hall–Kier alpha value is -4.48. The Kier molecular flexibility index (Phi) is 5.86. The van der Waals surface area contributed by atoms with Crippen LogP contribution in [0.1, 0.15) is 18.3 Å². The predicted molar refractivity (Wildman–Crippen MR) is 106 cm³/mol. The van der Waals surface area contributed by atoms with Crippen LogP contribution in [0.5, 0.6) is 0 Å². The Balaban J connectivity index is 1.91. The fourth-order valence-corrected chi connectivity index (χ4v) is 2.47. The Labute approximate surface area is 168 Å². The third kappa shape index (κ3) is 4.67. The first-order chi connectivity index (χ1) is 14.3. The van der Waals surface area contributed by atoms with E-state index in [1.165, 1.54) is 19.2 Å². The molecule has 1 heterocycles. The van der Waals surface area contributed by atoms with Crippen molar-refractivity contribution >= 4 is 40.3 Å². The number of fused-ring (bicyclic) bond motifs is 1. The number of para-hydroxylation sites is 2. The molecule has 0 aliphatic carbocycles. The van der Waals surface area contributed by atoms with Crippen molar-refractivity contribution in [3.8, 4) is 0 Å². The summed E-state index contributed by atoms with van der Waals surface area (Å²) < 4.78 is 4.99. The van der Waals surface area contributed by atoms with Crippen molar-refractivity contribution in [3.63, 3.8) is 0 Å². The largest absolute Gasteiger partial charge is 0.459 e. The van der Waals surface area contributed by atoms with E-state index in [-0.39, 0.29) is 18.0 Å². The smallest absolute Gasteiger partial charge is 0.303 e. The first-order valence-electron chi connectivity index (χ1n) is 8.46. The fourth-order valence-electron chi connectivity index (χ4n) is 2.47. The van der Waals surface area contributed by atoms with Crippen molar-refractivity contribution in [2.45, 2.75) is 13.5 Å². The minimum Gasteiger partial charge on any atom is -0.459 e. The van der Waals surface area contributed by atoms with Crippen molar-refractivity contribution < 1.29 is 19.4 Å². The first kappa shape index (κ1) is 20.3. The third-order valence-corrected chi connectivity index (χ3v) is 3.85. The van der Waals surface area contributed by atoms with Gasteiger partial charge in [-0.3, -0.25) is 30.4 Å². The second-order valence-corrected chi connectivity index (χ2v) is 5.91. The molecule has 152 valence electrons. The summed E-state index contributed by atoms with van der Waals surface area (Å²) in [5, 5.41) is 26.0. The third-order valence-electron chi connectivity index (χ3n) is 3.85. The van der Waals surface area contributed by atoms with E-state index in [2.05, 4.69) is 20.5 Å². The van der Waals surface area contributed by atoms with Crippen LogP contribution in [0, 0.1) is 20.2 Å². The molecular weight excluding hydrogens is 396 g/mol. The van der Waals surface area contributed by atoms with E-state index < -0.39 is 27.2 Å². The average Bonchev–Trinajstić information content (AvgIpc) is 2.71. The number of ether oxygens (including phenoxy) is 1. The van der Waals surface area contributed by atoms with Crippen LogP contribution in [-0.2, 0) is 16.1 Å². The number of esters is 1. The van der Waals surface area contributed by atoms with Crippen molar-refractivity contribution in [3.05, 3.63) is 74.1 Å². The maximum absolute atomic E-state index is 11.2. The zero-order chi connectivity index (χ0) is 21.7. The monoisotopic (exact) mass is 410 g/mol. The molecule has 1 N–H and O–H groups in total. The van der Waals surface area contributed by atoms with Crippen LogP contribution in [0.4, 0.5) is 17.1 Å². The number of nitro groups is 2. The predicted octanol–water partition coefficient (Wildman–Crippen LogP) is 2.96. The number of nitro benzene ring substituents is 2. The van der Waals surface area contributed by atoms with Gasteiger partial charge in [-0.15, -0.1) is 0 Å². The molecule has 3 aromatic rings. The molecule has 30 heavy (non-hydrogen) atoms. The highest BCUT2D eigenvalue weighted by Gasteiger charge is 2.19. The summed E-state index contributed by atoms with van der Waals surface area (Å²) >= 11 is 0. The number of aromatic nitrogens is 2. The van der Waals surface area contributed by atoms with E-state index >= 15 is 0 Å². The van der Waals surface area contributed by atoms with E-state index in [1.54, 1.807) is 24.3 Å². The van der Waals surface area contributed by atoms with Gasteiger partial charge in [0, 0.05) is 13.0 Å². The number of carbonyl (C=O) groups excluding carboxylic acids is 1. The molecule has 0 saturated carbocycles. The maximum atomic E-state index is 11.2. The number of hydrogen-bond donors (Lipinski definition) is 1. The van der Waals surface area contributed by atoms with Gasteiger partial charge in [-0.1, -0.05) is 12.1 Å². The first-order valence-corrected chi connectivity index (χ1v) is 8.46. The Morgan fingerprint density at radius 1 is 1.13 bits per heavy atom. The fraction of sp³-hybridized carbons (Fsp3) is 0.111. The van der Waals surface area contributed by atoms with Crippen molar-refractivity contribution in [2.24, 2.45) is 5.10 Å². The number of anilines is 1. The van der Waals surface area contributed by atoms with Crippen LogP contribution < -0.4 is 5.43 Å². The van der Waals surface area contributed by atoms with Gasteiger partial charge in [0.25, 0.3) is 5.69 Å². The Bertz CT molecular complexity index is 1180. The summed E-state index contributed by atoms with van der Waals surface area (Å²) in [7, 11) is 0. The lowest BCUT2D eigenvalue weighted by atomic mass is 10.2. The van der Waals surface area contributed by atoms with Crippen LogP contribution in [0.2, 0.25) is 0 Å². The molecule has 1 aromatic heterocycles. The molecule has 0 spiro atoms. The van der Waals surface area contributed by atoms with Crippen molar-refractivity contribution in [1.82, 2.24) is 9.97 Å². The second-order valence-electron chi connectivity index (χ2n) is 5.91. The van der Waals surface area contributed by atoms with Gasteiger partial charge in [-0.25, -0.2) is 9.97 Å². The molecule has 0 aliphatic rings. The number of benzene rings is 2. The summed E-state index contributed by atoms with van der Waals surface area (Å²) in [5.41, 5.74) is 3.30. The zero-order valence-electron chi connectivity index (χ0n) is 15.5. The second kappa shape index (κ2) is 8.68. The van der Waals surface area contributed by atoms with Crippen LogP contribution in [-0.4, -0.2) is 32.0 Å². The SMILES string of the molecule is CC(=O)OCc1nc2ccccc2nc1C=NNc1ccc([N+](=O)[O-])cc1[N+](=O)[O-]. The molecule has 0 bridgehead atoms. The molecule has 2 aromatic carbocycles. The lowest BCUT2D eigenvalue weighted by Crippen LogP contribution is -2.07. The standard InChI is InChI=1S/C18H14N6O6/c1-11(25)30-10-17-16(20-13-4-2-3-5-14(13)21-17)9-19-22-15-7-6-12(23(26)27)8-18(15)24(28)29/h2-9,22H,10H2,1H3. The zero-order valence-corrected chi connectivity index (χ0v) is 15.5. The van der Waals surface area contributed by atoms with Gasteiger partial charge in [0.1, 0.15) is 23.7 Å². The number of nitrogens with one attached hydrogen (secondary N) is 1. The molecule has 0 atom stereocenters. The number of hydrazone groups is 1. The molecule has 12 nitrogen and oxygen atoms in total. The molecule has 3 rings (SSSR count). The van der Waals surface area contributed by atoms with Crippen molar-refractivity contribution in [2.75, 3.05) is 5.43 Å². The summed E-state index contributed by atoms with van der Waals surface area (Å²) in [6.45, 7) is 1.13. The van der Waals surface area contributed by atoms with E-state index in [4.69, 9.17) is 4.74 Å². The van der Waals surface area contributed by atoms with E-state index in [1.807, 2.05) is 0 Å². The van der Waals surface area contributed by atoms with E-state index in [9.17, 15) is 25.0 Å². The highest BCUT2D eigenvalue weighted by atomic mass is 16.6. The minimum absolute atomic E-state index is 0.0443. The molecule has 0 saturated heterocycles. The average molecular weight is 410 g/mol. The number of nitrogens with zero attached hydrogens (tertiary/aromatic N) is 5. The topological polar surface area (TPSA) is 163 Å². The van der Waals surface area contributed by atoms with Crippen LogP contribution in [0.3, 0.4) is 0 Å². The van der Waals surface area contributed by atoms with Crippen LogP contribution in [0.15, 0.2) is 47.6 Å². The van der Waals surface area contributed by atoms with Crippen LogP contribution in [0.25, 0.3) is 11.0 Å². The summed E-state index contributed by atoms with van der Waals surface area (Å²) in [6.07, 6.45) is 1.27. The highest BCUT2D eigenvalue weighted by molar-refractivity contribution is 5.84. The number of non-ortho nitro benzene ring substituents is 1. The molecule has 0 amide bonds. The quantitative estimate of drug-likeness (QED) is 0.267. The summed E-state index contributed by atoms with van der Waals surface area (Å²) in [5.74, 6) is -0.493. The molecular formula is C18H14N6O6. The number of rotatable bonds is 7. The highest BCUT2D eigenvalue weighted by Crippen LogP contribution is 2.28. The number of hydrogen-bond acceptors (Lipinski definition) is 10. The maximum Gasteiger partial charge on any atom is 0.303 e. The van der Waals surface area contributed by atoms with Gasteiger partial charge in [-0.2, -0.15) is 5.10 Å². The van der Waals surface area contributed by atoms with E-state index in [0.717, 1.165) is 12.1 Å². The van der Waals surface area contributed by atoms with Gasteiger partial charge in [0.2, 0.25) is 0 Å². The minimum atomic E-state index is -0.757. The van der Waals surface area contributed by atoms with Gasteiger partial charge in [0.15, 0.2) is 0 Å². The molecule has 0 fully saturated rings. The molecule has 0 aliphatic heterocycles. The summed E-state index contributed by atoms with van der Waals surface area (Å²) in [6, 6.07) is 10.2. The molecule has 0 radical (unpaired) electrons. The summed E-state index contributed by atoms with van der Waals surface area (Å²) in [4.78, 5) is 40.5. The Morgan fingerprint density at radius 3 is 2.47 bits per heavy atom. The normalized spacial score (nSPS) is 10.8. The van der Waals surface area contributed by atoms with Crippen LogP contribution >= 0.6 is 0 Å². The van der Waals surface area contributed by atoms with Gasteiger partial charge in [0.05, 0.1) is 33.2 Å².